The second kappa shape index (κ2) is 9.33. The molecule has 24 heavy (non-hydrogen) atoms. The normalized spacial score (nSPS) is 10.9. The number of nitrogens with zero attached hydrogens (tertiary/aromatic N) is 3. The molecule has 126 valence electrons. The Balaban J connectivity index is 1.89. The number of carbonyl (C=O) groups excluding carboxylic acids is 1. The molecule has 2 aromatic heterocycles. The van der Waals surface area contributed by atoms with Gasteiger partial charge in [0.25, 0.3) is 13.5 Å². The number of carbonyl (C=O) groups is 1. The smallest absolute Gasteiger partial charge is 0.258 e. The Labute approximate surface area is 139 Å². The highest BCUT2D eigenvalue weighted by atomic mass is 17.3. The van der Waals surface area contributed by atoms with Crippen molar-refractivity contribution in [3.8, 4) is 0 Å². The number of rotatable bonds is 9. The van der Waals surface area contributed by atoms with Crippen LogP contribution in [0.25, 0.3) is 0 Å². The fourth-order valence-electron chi connectivity index (χ4n) is 1.84. The minimum Gasteiger partial charge on any atom is -0.366 e. The standard InChI is InChI=1S/C16H19N4O4/c1-2-23-24-18-11-15-5-3-4-8-20(15)13-22-12-19-9-6-14(7-10-19)16(17)21/h3-11H,2,12-13H2,1H3,(H-,17,21)/q+1/p+1/b18-11-. The van der Waals surface area contributed by atoms with Gasteiger partial charge in [0.2, 0.25) is 11.6 Å². The van der Waals surface area contributed by atoms with E-state index < -0.39 is 5.91 Å². The van der Waals surface area contributed by atoms with Crippen molar-refractivity contribution in [3.63, 3.8) is 0 Å². The molecule has 2 N–H and O–H groups in total. The summed E-state index contributed by atoms with van der Waals surface area (Å²) in [5, 5.41) is 3.71. The van der Waals surface area contributed by atoms with Gasteiger partial charge in [-0.3, -0.25) is 9.53 Å². The summed E-state index contributed by atoms with van der Waals surface area (Å²) < 4.78 is 9.30. The maximum atomic E-state index is 11.0. The Morgan fingerprint density at radius 1 is 1.21 bits per heavy atom. The average Bonchev–Trinajstić information content (AvgIpc) is 2.60. The van der Waals surface area contributed by atoms with Gasteiger partial charge in [0.15, 0.2) is 18.6 Å². The van der Waals surface area contributed by atoms with E-state index in [-0.39, 0.29) is 0 Å². The summed E-state index contributed by atoms with van der Waals surface area (Å²) in [7, 11) is 0. The van der Waals surface area contributed by atoms with Crippen LogP contribution in [-0.4, -0.2) is 18.7 Å². The number of hydrogen-bond donors (Lipinski definition) is 1. The van der Waals surface area contributed by atoms with Crippen LogP contribution >= 0.6 is 0 Å². The maximum absolute atomic E-state index is 11.0. The fourth-order valence-corrected chi connectivity index (χ4v) is 1.84. The van der Waals surface area contributed by atoms with Crippen LogP contribution in [0.1, 0.15) is 23.0 Å². The molecule has 2 rings (SSSR count). The first kappa shape index (κ1) is 17.5. The van der Waals surface area contributed by atoms with Crippen LogP contribution in [0.4, 0.5) is 0 Å². The molecular formula is C16H20N4O4+2. The van der Waals surface area contributed by atoms with Gasteiger partial charge in [0, 0.05) is 24.3 Å². The average molecular weight is 332 g/mol. The Bertz CT molecular complexity index is 689. The van der Waals surface area contributed by atoms with E-state index >= 15 is 0 Å². The second-order valence-corrected chi connectivity index (χ2v) is 4.74. The fraction of sp³-hybridized carbons (Fsp3) is 0.250. The first-order valence-electron chi connectivity index (χ1n) is 7.38. The lowest BCUT2D eigenvalue weighted by molar-refractivity contribution is -0.788. The van der Waals surface area contributed by atoms with E-state index in [1.54, 1.807) is 36.0 Å². The van der Waals surface area contributed by atoms with E-state index in [2.05, 4.69) is 15.0 Å². The number of pyridine rings is 2. The SMILES string of the molecule is CCOO/N=C\c1cccc[n+]1COC[n+]1ccc(C(N)=O)cc1. The topological polar surface area (TPSA) is 90.9 Å². The third-order valence-electron chi connectivity index (χ3n) is 3.02. The molecule has 0 unspecified atom stereocenters. The molecule has 0 bridgehead atoms. The summed E-state index contributed by atoms with van der Waals surface area (Å²) >= 11 is 0. The summed E-state index contributed by atoms with van der Waals surface area (Å²) in [6, 6.07) is 8.93. The highest BCUT2D eigenvalue weighted by Crippen LogP contribution is 1.93. The Morgan fingerprint density at radius 2 is 2.00 bits per heavy atom. The summed E-state index contributed by atoms with van der Waals surface area (Å²) in [5.41, 5.74) is 6.45. The van der Waals surface area contributed by atoms with Crippen molar-refractivity contribution < 1.29 is 28.5 Å². The van der Waals surface area contributed by atoms with Crippen molar-refractivity contribution in [2.75, 3.05) is 6.61 Å². The van der Waals surface area contributed by atoms with Gasteiger partial charge in [-0.05, 0) is 18.1 Å². The number of nitrogens with two attached hydrogens (primary N) is 1. The van der Waals surface area contributed by atoms with Crippen molar-refractivity contribution in [2.45, 2.75) is 20.4 Å². The first-order chi connectivity index (χ1) is 11.7. The molecule has 8 heteroatoms. The van der Waals surface area contributed by atoms with Crippen molar-refractivity contribution in [3.05, 3.63) is 60.2 Å². The molecule has 0 saturated heterocycles. The molecule has 0 saturated carbocycles. The maximum Gasteiger partial charge on any atom is 0.258 e. The van der Waals surface area contributed by atoms with Gasteiger partial charge in [0.05, 0.1) is 12.2 Å². The highest BCUT2D eigenvalue weighted by Gasteiger charge is 2.10. The molecule has 0 aliphatic heterocycles. The van der Waals surface area contributed by atoms with E-state index in [1.165, 1.54) is 6.21 Å². The summed E-state index contributed by atoms with van der Waals surface area (Å²) in [4.78, 5) is 20.3. The van der Waals surface area contributed by atoms with Crippen LogP contribution in [-0.2, 0) is 28.1 Å². The van der Waals surface area contributed by atoms with Crippen molar-refractivity contribution in [1.29, 1.82) is 0 Å². The molecule has 2 aromatic rings. The largest absolute Gasteiger partial charge is 0.366 e. The highest BCUT2D eigenvalue weighted by molar-refractivity contribution is 5.92. The van der Waals surface area contributed by atoms with Crippen LogP contribution < -0.4 is 14.9 Å². The zero-order chi connectivity index (χ0) is 17.2. The molecule has 0 atom stereocenters. The second-order valence-electron chi connectivity index (χ2n) is 4.74. The van der Waals surface area contributed by atoms with Gasteiger partial charge in [-0.2, -0.15) is 14.0 Å². The van der Waals surface area contributed by atoms with Crippen LogP contribution in [0, 0.1) is 0 Å². The molecule has 0 radical (unpaired) electrons. The third kappa shape index (κ3) is 5.41. The molecule has 0 aromatic carbocycles. The van der Waals surface area contributed by atoms with Gasteiger partial charge in [-0.15, -0.1) is 0 Å². The quantitative estimate of drug-likeness (QED) is 0.235. The molecule has 0 fully saturated rings. The van der Waals surface area contributed by atoms with Gasteiger partial charge in [0.1, 0.15) is 6.21 Å². The minimum absolute atomic E-state index is 0.321. The van der Waals surface area contributed by atoms with Crippen LogP contribution in [0.5, 0.6) is 0 Å². The van der Waals surface area contributed by atoms with E-state index in [1.807, 2.05) is 29.0 Å². The lowest BCUT2D eigenvalue weighted by atomic mass is 10.2. The van der Waals surface area contributed by atoms with E-state index in [0.717, 1.165) is 5.69 Å². The van der Waals surface area contributed by atoms with Crippen LogP contribution in [0.2, 0.25) is 0 Å². The first-order valence-corrected chi connectivity index (χ1v) is 7.38. The monoisotopic (exact) mass is 332 g/mol. The zero-order valence-corrected chi connectivity index (χ0v) is 13.4. The van der Waals surface area contributed by atoms with Crippen LogP contribution in [0.3, 0.4) is 0 Å². The minimum atomic E-state index is -0.457. The third-order valence-corrected chi connectivity index (χ3v) is 3.02. The summed E-state index contributed by atoms with van der Waals surface area (Å²) in [5.74, 6) is -0.457. The Kier molecular flexibility index (Phi) is 6.81. The van der Waals surface area contributed by atoms with E-state index in [0.29, 0.717) is 25.6 Å². The lowest BCUT2D eigenvalue weighted by Crippen LogP contribution is -2.42. The van der Waals surface area contributed by atoms with E-state index in [9.17, 15) is 4.79 Å². The number of primary amides is 1. The van der Waals surface area contributed by atoms with Gasteiger partial charge < -0.3 is 5.73 Å². The van der Waals surface area contributed by atoms with Gasteiger partial charge in [-0.1, -0.05) is 0 Å². The number of amides is 1. The van der Waals surface area contributed by atoms with Gasteiger partial charge >= 0.3 is 0 Å². The van der Waals surface area contributed by atoms with Gasteiger partial charge in [-0.25, -0.2) is 4.99 Å². The number of hydrogen-bond acceptors (Lipinski definition) is 5. The summed E-state index contributed by atoms with van der Waals surface area (Å²) in [6.07, 6.45) is 6.86. The number of ether oxygens (including phenoxy) is 1. The molecule has 0 aliphatic carbocycles. The molecule has 0 spiro atoms. The molecular weight excluding hydrogens is 312 g/mol. The number of oxime groups is 1. The summed E-state index contributed by atoms with van der Waals surface area (Å²) in [6.45, 7) is 2.87. The molecule has 2 heterocycles. The van der Waals surface area contributed by atoms with Crippen LogP contribution in [0.15, 0.2) is 54.1 Å². The predicted molar refractivity (Wildman–Crippen MR) is 83.2 cm³/mol. The lowest BCUT2D eigenvalue weighted by Gasteiger charge is -2.01. The number of aromatic nitrogens is 2. The zero-order valence-electron chi connectivity index (χ0n) is 13.4. The Hall–Kier alpha value is -2.84. The Morgan fingerprint density at radius 3 is 2.71 bits per heavy atom. The predicted octanol–water partition coefficient (Wildman–Crippen LogP) is 0.294. The van der Waals surface area contributed by atoms with Crippen molar-refractivity contribution in [2.24, 2.45) is 10.9 Å². The van der Waals surface area contributed by atoms with E-state index in [4.69, 9.17) is 10.5 Å². The molecule has 0 aliphatic rings. The molecule has 1 amide bonds. The van der Waals surface area contributed by atoms with Crippen molar-refractivity contribution in [1.82, 2.24) is 0 Å². The van der Waals surface area contributed by atoms with Crippen molar-refractivity contribution >= 4 is 12.1 Å². The molecule has 8 nitrogen and oxygen atoms in total.